The van der Waals surface area contributed by atoms with Crippen molar-refractivity contribution in [3.05, 3.63) is 23.8 Å². The van der Waals surface area contributed by atoms with E-state index in [2.05, 4.69) is 0 Å². The Morgan fingerprint density at radius 1 is 1.33 bits per heavy atom. The molecule has 0 aromatic heterocycles. The monoisotopic (exact) mass is 253 g/mol. The molecule has 102 valence electrons. The molecule has 0 aliphatic heterocycles. The van der Waals surface area contributed by atoms with Gasteiger partial charge in [0.05, 0.1) is 12.7 Å². The lowest BCUT2D eigenvalue weighted by Crippen LogP contribution is -2.16. The van der Waals surface area contributed by atoms with Gasteiger partial charge in [-0.25, -0.2) is 0 Å². The van der Waals surface area contributed by atoms with Crippen molar-refractivity contribution in [2.45, 2.75) is 32.9 Å². The highest BCUT2D eigenvalue weighted by atomic mass is 16.5. The van der Waals surface area contributed by atoms with Crippen molar-refractivity contribution in [2.75, 3.05) is 20.3 Å². The first-order chi connectivity index (χ1) is 8.72. The van der Waals surface area contributed by atoms with E-state index in [4.69, 9.17) is 19.9 Å². The van der Waals surface area contributed by atoms with Crippen LogP contribution in [0.3, 0.4) is 0 Å². The smallest absolute Gasteiger partial charge is 0.166 e. The molecule has 0 spiro atoms. The third kappa shape index (κ3) is 4.20. The molecule has 1 rings (SSSR count). The van der Waals surface area contributed by atoms with Gasteiger partial charge in [-0.1, -0.05) is 12.1 Å². The maximum atomic E-state index is 5.94. The van der Waals surface area contributed by atoms with E-state index in [1.807, 2.05) is 32.0 Å². The van der Waals surface area contributed by atoms with E-state index >= 15 is 0 Å². The zero-order valence-electron chi connectivity index (χ0n) is 11.4. The second-order valence-corrected chi connectivity index (χ2v) is 4.09. The number of methoxy groups -OCH3 is 1. The van der Waals surface area contributed by atoms with Crippen LogP contribution < -0.4 is 15.2 Å². The van der Waals surface area contributed by atoms with Crippen molar-refractivity contribution in [2.24, 2.45) is 5.73 Å². The summed E-state index contributed by atoms with van der Waals surface area (Å²) in [4.78, 5) is 0. The minimum atomic E-state index is 0.0665. The fourth-order valence-corrected chi connectivity index (χ4v) is 1.67. The summed E-state index contributed by atoms with van der Waals surface area (Å²) in [5.74, 6) is 1.51. The molecule has 1 unspecified atom stereocenters. The normalized spacial score (nSPS) is 12.2. The Kier molecular flexibility index (Phi) is 6.54. The molecule has 0 fully saturated rings. The SMILES string of the molecule is CCOc1cccc(CN)c1OC(C)CCOC. The Hall–Kier alpha value is -1.26. The lowest BCUT2D eigenvalue weighted by atomic mass is 10.2. The lowest BCUT2D eigenvalue weighted by Gasteiger charge is -2.19. The van der Waals surface area contributed by atoms with Crippen LogP contribution in [0.4, 0.5) is 0 Å². The summed E-state index contributed by atoms with van der Waals surface area (Å²) < 4.78 is 16.6. The Morgan fingerprint density at radius 3 is 2.72 bits per heavy atom. The van der Waals surface area contributed by atoms with E-state index in [-0.39, 0.29) is 6.10 Å². The Bertz CT molecular complexity index is 355. The van der Waals surface area contributed by atoms with Gasteiger partial charge in [0.15, 0.2) is 11.5 Å². The van der Waals surface area contributed by atoms with Crippen molar-refractivity contribution in [1.29, 1.82) is 0 Å². The molecule has 0 aliphatic carbocycles. The van der Waals surface area contributed by atoms with Crippen LogP contribution in [0.1, 0.15) is 25.8 Å². The lowest BCUT2D eigenvalue weighted by molar-refractivity contribution is 0.131. The molecule has 1 aromatic carbocycles. The van der Waals surface area contributed by atoms with Crippen LogP contribution >= 0.6 is 0 Å². The molecule has 0 saturated heterocycles. The van der Waals surface area contributed by atoms with Crippen molar-refractivity contribution in [3.63, 3.8) is 0 Å². The second-order valence-electron chi connectivity index (χ2n) is 4.09. The molecule has 0 bridgehead atoms. The zero-order valence-corrected chi connectivity index (χ0v) is 11.4. The van der Waals surface area contributed by atoms with Crippen molar-refractivity contribution in [3.8, 4) is 11.5 Å². The topological polar surface area (TPSA) is 53.7 Å². The summed E-state index contributed by atoms with van der Waals surface area (Å²) in [6.45, 7) is 5.69. The molecular formula is C14H23NO3. The van der Waals surface area contributed by atoms with E-state index < -0.39 is 0 Å². The molecule has 1 atom stereocenters. The van der Waals surface area contributed by atoms with Gasteiger partial charge in [0.25, 0.3) is 0 Å². The number of nitrogens with two attached hydrogens (primary N) is 1. The quantitative estimate of drug-likeness (QED) is 0.772. The molecule has 0 heterocycles. The first kappa shape index (κ1) is 14.8. The van der Waals surface area contributed by atoms with Gasteiger partial charge in [-0.3, -0.25) is 0 Å². The number of para-hydroxylation sites is 1. The van der Waals surface area contributed by atoms with Gasteiger partial charge in [0, 0.05) is 32.2 Å². The maximum absolute atomic E-state index is 5.94. The number of ether oxygens (including phenoxy) is 3. The molecule has 0 aliphatic rings. The maximum Gasteiger partial charge on any atom is 0.166 e. The van der Waals surface area contributed by atoms with E-state index in [0.717, 1.165) is 23.5 Å². The summed E-state index contributed by atoms with van der Waals surface area (Å²) in [5.41, 5.74) is 6.69. The predicted molar refractivity (Wildman–Crippen MR) is 72.1 cm³/mol. The first-order valence-corrected chi connectivity index (χ1v) is 6.33. The molecule has 4 heteroatoms. The third-order valence-electron chi connectivity index (χ3n) is 2.63. The number of rotatable bonds is 8. The molecule has 1 aromatic rings. The molecular weight excluding hydrogens is 230 g/mol. The Morgan fingerprint density at radius 2 is 2.11 bits per heavy atom. The second kappa shape index (κ2) is 7.95. The fourth-order valence-electron chi connectivity index (χ4n) is 1.67. The first-order valence-electron chi connectivity index (χ1n) is 6.33. The largest absolute Gasteiger partial charge is 0.490 e. The average molecular weight is 253 g/mol. The minimum Gasteiger partial charge on any atom is -0.490 e. The Labute approximate surface area is 109 Å². The number of hydrogen-bond donors (Lipinski definition) is 1. The van der Waals surface area contributed by atoms with Gasteiger partial charge in [-0.2, -0.15) is 0 Å². The zero-order chi connectivity index (χ0) is 13.4. The molecule has 0 amide bonds. The van der Waals surface area contributed by atoms with Crippen LogP contribution in [0, 0.1) is 0 Å². The summed E-state index contributed by atoms with van der Waals surface area (Å²) in [5, 5.41) is 0. The molecule has 2 N–H and O–H groups in total. The molecule has 4 nitrogen and oxygen atoms in total. The molecule has 0 radical (unpaired) electrons. The van der Waals surface area contributed by atoms with E-state index in [0.29, 0.717) is 19.8 Å². The van der Waals surface area contributed by atoms with Crippen LogP contribution in [-0.2, 0) is 11.3 Å². The van der Waals surface area contributed by atoms with Crippen LogP contribution in [-0.4, -0.2) is 26.4 Å². The van der Waals surface area contributed by atoms with E-state index in [9.17, 15) is 0 Å². The van der Waals surface area contributed by atoms with E-state index in [1.165, 1.54) is 0 Å². The summed E-state index contributed by atoms with van der Waals surface area (Å²) >= 11 is 0. The highest BCUT2D eigenvalue weighted by Crippen LogP contribution is 2.32. The minimum absolute atomic E-state index is 0.0665. The van der Waals surface area contributed by atoms with Gasteiger partial charge < -0.3 is 19.9 Å². The van der Waals surface area contributed by atoms with Crippen LogP contribution in [0.15, 0.2) is 18.2 Å². The van der Waals surface area contributed by atoms with Crippen LogP contribution in [0.25, 0.3) is 0 Å². The average Bonchev–Trinajstić information content (AvgIpc) is 2.38. The summed E-state index contributed by atoms with van der Waals surface area (Å²) in [7, 11) is 1.69. The van der Waals surface area contributed by atoms with Gasteiger partial charge in [-0.15, -0.1) is 0 Å². The van der Waals surface area contributed by atoms with Gasteiger partial charge in [-0.05, 0) is 19.9 Å². The summed E-state index contributed by atoms with van der Waals surface area (Å²) in [6.07, 6.45) is 0.901. The number of benzene rings is 1. The van der Waals surface area contributed by atoms with Crippen molar-refractivity contribution < 1.29 is 14.2 Å². The van der Waals surface area contributed by atoms with Crippen LogP contribution in [0.2, 0.25) is 0 Å². The van der Waals surface area contributed by atoms with Crippen molar-refractivity contribution >= 4 is 0 Å². The number of hydrogen-bond acceptors (Lipinski definition) is 4. The molecule has 0 saturated carbocycles. The van der Waals surface area contributed by atoms with Crippen LogP contribution in [0.5, 0.6) is 11.5 Å². The van der Waals surface area contributed by atoms with Crippen molar-refractivity contribution in [1.82, 2.24) is 0 Å². The third-order valence-corrected chi connectivity index (χ3v) is 2.63. The Balaban J connectivity index is 2.82. The standard InChI is InChI=1S/C14H23NO3/c1-4-17-13-7-5-6-12(10-15)14(13)18-11(2)8-9-16-3/h5-7,11H,4,8-10,15H2,1-3H3. The highest BCUT2D eigenvalue weighted by Gasteiger charge is 2.13. The fraction of sp³-hybridized carbons (Fsp3) is 0.571. The van der Waals surface area contributed by atoms with E-state index in [1.54, 1.807) is 7.11 Å². The molecule has 18 heavy (non-hydrogen) atoms. The van der Waals surface area contributed by atoms with Gasteiger partial charge in [0.1, 0.15) is 0 Å². The highest BCUT2D eigenvalue weighted by molar-refractivity contribution is 5.46. The van der Waals surface area contributed by atoms with Gasteiger partial charge in [0.2, 0.25) is 0 Å². The predicted octanol–water partition coefficient (Wildman–Crippen LogP) is 2.35. The summed E-state index contributed by atoms with van der Waals surface area (Å²) in [6, 6.07) is 5.79. The van der Waals surface area contributed by atoms with Gasteiger partial charge >= 0.3 is 0 Å².